The first-order chi connectivity index (χ1) is 7.69. The van der Waals surface area contributed by atoms with Gasteiger partial charge < -0.3 is 19.0 Å². The average Bonchev–Trinajstić information content (AvgIpc) is 2.87. The lowest BCUT2D eigenvalue weighted by Gasteiger charge is -1.84. The molecule has 0 bridgehead atoms. The van der Waals surface area contributed by atoms with Crippen LogP contribution in [0.3, 0.4) is 0 Å². The molecule has 0 atom stereocenters. The molecule has 0 aliphatic heterocycles. The molecule has 2 rings (SSSR count). The van der Waals surface area contributed by atoms with Gasteiger partial charge in [0.1, 0.15) is 13.2 Å². The topological polar surface area (TPSA) is 92.5 Å². The lowest BCUT2D eigenvalue weighted by atomic mass is 10.4. The highest BCUT2D eigenvalue weighted by Crippen LogP contribution is 2.03. The number of hydrogen-bond acceptors (Lipinski definition) is 6. The Hall–Kier alpha value is -1.66. The number of hydrogen-bond donors (Lipinski definition) is 2. The van der Waals surface area contributed by atoms with Crippen molar-refractivity contribution in [3.63, 3.8) is 0 Å². The first kappa shape index (κ1) is 12.4. The number of aliphatic hydroxyl groups is 2. The van der Waals surface area contributed by atoms with Crippen LogP contribution in [0.2, 0.25) is 0 Å². The molecule has 2 aromatic heterocycles. The molecule has 0 fully saturated rings. The molecule has 0 aliphatic carbocycles. The van der Waals surface area contributed by atoms with Gasteiger partial charge >= 0.3 is 0 Å². The normalized spacial score (nSPS) is 9.75. The minimum Gasteiger partial charge on any atom is -0.446 e. The zero-order valence-corrected chi connectivity index (χ0v) is 9.17. The summed E-state index contributed by atoms with van der Waals surface area (Å²) in [4.78, 5) is 7.52. The first-order valence-corrected chi connectivity index (χ1v) is 4.68. The first-order valence-electron chi connectivity index (χ1n) is 4.68. The highest BCUT2D eigenvalue weighted by atomic mass is 16.4. The molecule has 2 aromatic rings. The summed E-state index contributed by atoms with van der Waals surface area (Å²) in [5, 5.41) is 16.9. The van der Waals surface area contributed by atoms with E-state index in [9.17, 15) is 0 Å². The van der Waals surface area contributed by atoms with Gasteiger partial charge in [-0.05, 0) is 13.8 Å². The zero-order chi connectivity index (χ0) is 12.0. The second-order valence-corrected chi connectivity index (χ2v) is 3.04. The quantitative estimate of drug-likeness (QED) is 0.792. The van der Waals surface area contributed by atoms with Crippen LogP contribution in [-0.4, -0.2) is 20.2 Å². The summed E-state index contributed by atoms with van der Waals surface area (Å²) in [5.41, 5.74) is 1.51. The van der Waals surface area contributed by atoms with Crippen molar-refractivity contribution in [1.82, 2.24) is 9.97 Å². The van der Waals surface area contributed by atoms with Crippen molar-refractivity contribution >= 4 is 0 Å². The van der Waals surface area contributed by atoms with E-state index < -0.39 is 0 Å². The molecule has 0 saturated carbocycles. The third-order valence-corrected chi connectivity index (χ3v) is 1.98. The fourth-order valence-corrected chi connectivity index (χ4v) is 0.956. The van der Waals surface area contributed by atoms with Crippen LogP contribution in [0.25, 0.3) is 0 Å². The summed E-state index contributed by atoms with van der Waals surface area (Å²) in [7, 11) is 0. The molecule has 0 unspecified atom stereocenters. The second-order valence-electron chi connectivity index (χ2n) is 3.04. The summed E-state index contributed by atoms with van der Waals surface area (Å²) in [5.74, 6) is 1.09. The van der Waals surface area contributed by atoms with Crippen molar-refractivity contribution in [3.05, 3.63) is 35.7 Å². The van der Waals surface area contributed by atoms with Gasteiger partial charge in [0.25, 0.3) is 0 Å². The minimum absolute atomic E-state index is 0.0637. The predicted molar refractivity (Wildman–Crippen MR) is 54.3 cm³/mol. The second kappa shape index (κ2) is 6.04. The van der Waals surface area contributed by atoms with E-state index in [1.165, 1.54) is 12.8 Å². The van der Waals surface area contributed by atoms with Crippen molar-refractivity contribution in [3.8, 4) is 0 Å². The standard InChI is InChI=1S/2C5H7NO2/c2*1-4-5(2-7)8-3-6-4/h2*3,7H,2H2,1H3. The Morgan fingerprint density at radius 2 is 1.31 bits per heavy atom. The molecule has 0 radical (unpaired) electrons. The van der Waals surface area contributed by atoms with Gasteiger partial charge in [-0.25, -0.2) is 9.97 Å². The van der Waals surface area contributed by atoms with Gasteiger partial charge in [-0.3, -0.25) is 0 Å². The van der Waals surface area contributed by atoms with E-state index >= 15 is 0 Å². The Labute approximate surface area is 92.6 Å². The van der Waals surface area contributed by atoms with Crippen molar-refractivity contribution in [2.24, 2.45) is 0 Å². The van der Waals surface area contributed by atoms with E-state index in [0.29, 0.717) is 11.5 Å². The Bertz CT molecular complexity index is 382. The Balaban J connectivity index is 0.000000160. The number of aliphatic hydroxyl groups excluding tert-OH is 2. The third kappa shape index (κ3) is 3.18. The third-order valence-electron chi connectivity index (χ3n) is 1.98. The molecule has 0 aliphatic rings. The monoisotopic (exact) mass is 226 g/mol. The van der Waals surface area contributed by atoms with Gasteiger partial charge in [-0.2, -0.15) is 0 Å². The van der Waals surface area contributed by atoms with E-state index in [4.69, 9.17) is 19.0 Å². The summed E-state index contributed by atoms with van der Waals surface area (Å²) in [6, 6.07) is 0. The van der Waals surface area contributed by atoms with Crippen LogP contribution in [0.4, 0.5) is 0 Å². The SMILES string of the molecule is Cc1ncoc1CO.Cc1ncoc1CO. The summed E-state index contributed by atoms with van der Waals surface area (Å²) in [6.07, 6.45) is 2.64. The van der Waals surface area contributed by atoms with Gasteiger partial charge in [0, 0.05) is 0 Å². The molecular weight excluding hydrogens is 212 g/mol. The van der Waals surface area contributed by atoms with Gasteiger partial charge in [-0.15, -0.1) is 0 Å². The van der Waals surface area contributed by atoms with Crippen molar-refractivity contribution in [1.29, 1.82) is 0 Å². The summed E-state index contributed by atoms with van der Waals surface area (Å²) in [6.45, 7) is 3.45. The van der Waals surface area contributed by atoms with Crippen LogP contribution >= 0.6 is 0 Å². The highest BCUT2D eigenvalue weighted by Gasteiger charge is 1.98. The molecule has 2 heterocycles. The number of oxazole rings is 2. The maximum absolute atomic E-state index is 8.47. The number of aromatic nitrogens is 2. The molecule has 16 heavy (non-hydrogen) atoms. The van der Waals surface area contributed by atoms with Crippen molar-refractivity contribution in [2.45, 2.75) is 27.1 Å². The van der Waals surface area contributed by atoms with Gasteiger partial charge in [0.15, 0.2) is 24.3 Å². The van der Waals surface area contributed by atoms with Gasteiger partial charge in [0.05, 0.1) is 11.4 Å². The lowest BCUT2D eigenvalue weighted by Crippen LogP contribution is -1.81. The average molecular weight is 226 g/mol. The van der Waals surface area contributed by atoms with Crippen molar-refractivity contribution in [2.75, 3.05) is 0 Å². The van der Waals surface area contributed by atoms with Gasteiger partial charge in [0.2, 0.25) is 0 Å². The van der Waals surface area contributed by atoms with Crippen LogP contribution in [0.15, 0.2) is 21.6 Å². The summed E-state index contributed by atoms with van der Waals surface area (Å²) >= 11 is 0. The molecule has 6 heteroatoms. The molecule has 88 valence electrons. The maximum atomic E-state index is 8.47. The molecule has 2 N–H and O–H groups in total. The molecule has 0 aromatic carbocycles. The smallest absolute Gasteiger partial charge is 0.181 e. The van der Waals surface area contributed by atoms with Crippen LogP contribution < -0.4 is 0 Å². The molecular formula is C10H14N2O4. The van der Waals surface area contributed by atoms with Gasteiger partial charge in [-0.1, -0.05) is 0 Å². The van der Waals surface area contributed by atoms with E-state index in [-0.39, 0.29) is 13.2 Å². The van der Waals surface area contributed by atoms with E-state index in [0.717, 1.165) is 11.4 Å². The zero-order valence-electron chi connectivity index (χ0n) is 9.17. The van der Waals surface area contributed by atoms with Crippen LogP contribution in [0, 0.1) is 13.8 Å². The fraction of sp³-hybridized carbons (Fsp3) is 0.400. The predicted octanol–water partition coefficient (Wildman–Crippen LogP) is 0.951. The Morgan fingerprint density at radius 1 is 0.938 bits per heavy atom. The van der Waals surface area contributed by atoms with E-state index in [2.05, 4.69) is 9.97 Å². The fourth-order valence-electron chi connectivity index (χ4n) is 0.956. The Kier molecular flexibility index (Phi) is 4.68. The number of rotatable bonds is 2. The molecule has 6 nitrogen and oxygen atoms in total. The Morgan fingerprint density at radius 3 is 1.44 bits per heavy atom. The number of nitrogens with zero attached hydrogens (tertiary/aromatic N) is 2. The lowest BCUT2D eigenvalue weighted by molar-refractivity contribution is 0.246. The molecule has 0 amide bonds. The highest BCUT2D eigenvalue weighted by molar-refractivity contribution is 5.02. The maximum Gasteiger partial charge on any atom is 0.181 e. The molecule has 0 spiro atoms. The summed E-state index contributed by atoms with van der Waals surface area (Å²) < 4.78 is 9.50. The largest absolute Gasteiger partial charge is 0.446 e. The van der Waals surface area contributed by atoms with Crippen LogP contribution in [-0.2, 0) is 13.2 Å². The van der Waals surface area contributed by atoms with E-state index in [1.807, 2.05) is 0 Å². The molecule has 0 saturated heterocycles. The van der Waals surface area contributed by atoms with Crippen molar-refractivity contribution < 1.29 is 19.0 Å². The van der Waals surface area contributed by atoms with Crippen LogP contribution in [0.1, 0.15) is 22.9 Å². The number of aryl methyl sites for hydroxylation is 2. The van der Waals surface area contributed by atoms with Crippen LogP contribution in [0.5, 0.6) is 0 Å². The minimum atomic E-state index is -0.0637. The van der Waals surface area contributed by atoms with E-state index in [1.54, 1.807) is 13.8 Å².